The number of nitrogens with zero attached hydrogens (tertiary/aromatic N) is 1. The molecular formula is C18H32FNO4. The maximum Gasteiger partial charge on any atom is 0.410 e. The summed E-state index contributed by atoms with van der Waals surface area (Å²) in [5.41, 5.74) is -0.586. The molecule has 0 aromatic carbocycles. The lowest BCUT2D eigenvalue weighted by Crippen LogP contribution is -2.41. The van der Waals surface area contributed by atoms with Gasteiger partial charge < -0.3 is 14.2 Å². The van der Waals surface area contributed by atoms with Crippen LogP contribution in [0.25, 0.3) is 0 Å². The minimum absolute atomic E-state index is 0.0735. The number of hydrogen-bond donors (Lipinski definition) is 0. The molecule has 1 fully saturated rings. The first-order valence-corrected chi connectivity index (χ1v) is 8.77. The molecule has 6 heteroatoms. The number of likely N-dealkylation sites (tertiary alicyclic amines) is 1. The Labute approximate surface area is 145 Å². The average Bonchev–Trinajstić information content (AvgIpc) is 2.85. The minimum Gasteiger partial charge on any atom is -0.444 e. The van der Waals surface area contributed by atoms with Gasteiger partial charge in [-0.15, -0.1) is 0 Å². The van der Waals surface area contributed by atoms with Gasteiger partial charge in [0.1, 0.15) is 11.8 Å². The second kappa shape index (κ2) is 10.7. The molecule has 1 rings (SSSR count). The maximum atomic E-state index is 13.7. The van der Waals surface area contributed by atoms with Gasteiger partial charge in [-0.2, -0.15) is 0 Å². The third-order valence-corrected chi connectivity index (χ3v) is 3.54. The molecule has 1 amide bonds. The van der Waals surface area contributed by atoms with Crippen LogP contribution in [0, 0.1) is 0 Å². The topological polar surface area (TPSA) is 48.0 Å². The molecule has 1 aliphatic rings. The maximum absolute atomic E-state index is 13.7. The average molecular weight is 345 g/mol. The van der Waals surface area contributed by atoms with E-state index in [-0.39, 0.29) is 12.6 Å². The largest absolute Gasteiger partial charge is 0.444 e. The smallest absolute Gasteiger partial charge is 0.410 e. The van der Waals surface area contributed by atoms with E-state index in [1.165, 1.54) is 4.90 Å². The lowest BCUT2D eigenvalue weighted by atomic mass is 10.2. The number of carbonyl (C=O) groups excluding carboxylic acids is 1. The van der Waals surface area contributed by atoms with Crippen LogP contribution < -0.4 is 0 Å². The van der Waals surface area contributed by atoms with E-state index in [1.807, 2.05) is 12.2 Å². The molecule has 0 radical (unpaired) electrons. The first kappa shape index (κ1) is 20.9. The summed E-state index contributed by atoms with van der Waals surface area (Å²) < 4.78 is 29.9. The normalized spacial score (nSPS) is 21.6. The van der Waals surface area contributed by atoms with Gasteiger partial charge in [0.25, 0.3) is 0 Å². The van der Waals surface area contributed by atoms with E-state index in [2.05, 4.69) is 6.92 Å². The summed E-state index contributed by atoms with van der Waals surface area (Å²) >= 11 is 0. The molecular weight excluding hydrogens is 313 g/mol. The zero-order valence-electron chi connectivity index (χ0n) is 15.4. The first-order chi connectivity index (χ1) is 11.3. The highest BCUT2D eigenvalue weighted by Gasteiger charge is 2.37. The lowest BCUT2D eigenvalue weighted by Gasteiger charge is -2.28. The van der Waals surface area contributed by atoms with E-state index in [4.69, 9.17) is 14.2 Å². The SMILES string of the molecule is CCCCOC/C=C\COC[C@@H]1C[C@H](F)CN1C(=O)OC(C)(C)C. The van der Waals surface area contributed by atoms with E-state index >= 15 is 0 Å². The third-order valence-electron chi connectivity index (χ3n) is 3.54. The lowest BCUT2D eigenvalue weighted by molar-refractivity contribution is 0.0123. The van der Waals surface area contributed by atoms with Crippen LogP contribution in [0.5, 0.6) is 0 Å². The Morgan fingerprint density at radius 3 is 2.54 bits per heavy atom. The van der Waals surface area contributed by atoms with Crippen molar-refractivity contribution in [3.63, 3.8) is 0 Å². The molecule has 1 heterocycles. The van der Waals surface area contributed by atoms with Crippen LogP contribution in [0.4, 0.5) is 9.18 Å². The van der Waals surface area contributed by atoms with Crippen molar-refractivity contribution in [2.24, 2.45) is 0 Å². The molecule has 0 aliphatic carbocycles. The molecule has 1 aliphatic heterocycles. The monoisotopic (exact) mass is 345 g/mol. The Balaban J connectivity index is 2.27. The van der Waals surface area contributed by atoms with Crippen LogP contribution in [0.3, 0.4) is 0 Å². The van der Waals surface area contributed by atoms with Gasteiger partial charge in [-0.05, 0) is 27.2 Å². The summed E-state index contributed by atoms with van der Waals surface area (Å²) in [5.74, 6) is 0. The number of amides is 1. The molecule has 24 heavy (non-hydrogen) atoms. The summed E-state index contributed by atoms with van der Waals surface area (Å²) in [7, 11) is 0. The van der Waals surface area contributed by atoms with Gasteiger partial charge in [0.2, 0.25) is 0 Å². The predicted octanol–water partition coefficient (Wildman–Crippen LogP) is 3.72. The van der Waals surface area contributed by atoms with Gasteiger partial charge in [-0.25, -0.2) is 9.18 Å². The number of ether oxygens (including phenoxy) is 3. The van der Waals surface area contributed by atoms with Crippen LogP contribution in [-0.2, 0) is 14.2 Å². The van der Waals surface area contributed by atoms with Crippen molar-refractivity contribution in [2.75, 3.05) is 33.0 Å². The number of hydrogen-bond acceptors (Lipinski definition) is 4. The second-order valence-electron chi connectivity index (χ2n) is 7.06. The molecule has 0 spiro atoms. The highest BCUT2D eigenvalue weighted by molar-refractivity contribution is 5.69. The van der Waals surface area contributed by atoms with Crippen molar-refractivity contribution < 1.29 is 23.4 Å². The molecule has 2 atom stereocenters. The molecule has 0 unspecified atom stereocenters. The number of rotatable bonds is 9. The molecule has 140 valence electrons. The fraction of sp³-hybridized carbons (Fsp3) is 0.833. The van der Waals surface area contributed by atoms with Crippen LogP contribution in [-0.4, -0.2) is 61.8 Å². The van der Waals surface area contributed by atoms with E-state index < -0.39 is 17.9 Å². The zero-order valence-corrected chi connectivity index (χ0v) is 15.4. The standard InChI is InChI=1S/C18H32FNO4/c1-5-6-9-22-10-7-8-11-23-14-16-12-15(19)13-20(16)17(21)24-18(2,3)4/h7-8,15-16H,5-6,9-14H2,1-4H3/b8-7-/t15-,16-/m0/s1. The van der Waals surface area contributed by atoms with Crippen molar-refractivity contribution in [2.45, 2.75) is 64.8 Å². The van der Waals surface area contributed by atoms with E-state index in [0.29, 0.717) is 26.2 Å². The third kappa shape index (κ3) is 8.64. The van der Waals surface area contributed by atoms with Crippen LogP contribution in [0.1, 0.15) is 47.0 Å². The number of carbonyl (C=O) groups is 1. The summed E-state index contributed by atoms with van der Waals surface area (Å²) in [5, 5.41) is 0. The molecule has 0 aromatic heterocycles. The van der Waals surface area contributed by atoms with Crippen molar-refractivity contribution in [3.8, 4) is 0 Å². The van der Waals surface area contributed by atoms with E-state index in [0.717, 1.165) is 19.4 Å². The minimum atomic E-state index is -1.02. The number of halogens is 1. The summed E-state index contributed by atoms with van der Waals surface area (Å²) in [6.07, 6.45) is 4.78. The Kier molecular flexibility index (Phi) is 9.29. The zero-order chi connectivity index (χ0) is 18.0. The van der Waals surface area contributed by atoms with Gasteiger partial charge in [-0.1, -0.05) is 25.5 Å². The van der Waals surface area contributed by atoms with Crippen molar-refractivity contribution in [1.82, 2.24) is 4.90 Å². The van der Waals surface area contributed by atoms with Gasteiger partial charge in [0.15, 0.2) is 0 Å². The molecule has 5 nitrogen and oxygen atoms in total. The molecule has 0 aromatic rings. The van der Waals surface area contributed by atoms with E-state index in [1.54, 1.807) is 20.8 Å². The molecule has 0 N–H and O–H groups in total. The van der Waals surface area contributed by atoms with Crippen LogP contribution in [0.2, 0.25) is 0 Å². The predicted molar refractivity (Wildman–Crippen MR) is 91.9 cm³/mol. The van der Waals surface area contributed by atoms with Crippen LogP contribution in [0.15, 0.2) is 12.2 Å². The van der Waals surface area contributed by atoms with Gasteiger partial charge in [0, 0.05) is 13.0 Å². The first-order valence-electron chi connectivity index (χ1n) is 8.77. The highest BCUT2D eigenvalue weighted by Crippen LogP contribution is 2.23. The van der Waals surface area contributed by atoms with Crippen molar-refractivity contribution in [1.29, 1.82) is 0 Å². The van der Waals surface area contributed by atoms with Crippen molar-refractivity contribution >= 4 is 6.09 Å². The number of alkyl halides is 1. The van der Waals surface area contributed by atoms with Gasteiger partial charge >= 0.3 is 6.09 Å². The van der Waals surface area contributed by atoms with Gasteiger partial charge in [-0.3, -0.25) is 4.90 Å². The quantitative estimate of drug-likeness (QED) is 0.472. The Bertz CT molecular complexity index is 395. The van der Waals surface area contributed by atoms with Gasteiger partial charge in [0.05, 0.1) is 32.4 Å². The summed E-state index contributed by atoms with van der Waals surface area (Å²) in [6.45, 7) is 9.67. The fourth-order valence-corrected chi connectivity index (χ4v) is 2.37. The second-order valence-corrected chi connectivity index (χ2v) is 7.06. The Hall–Kier alpha value is -1.14. The Morgan fingerprint density at radius 2 is 1.92 bits per heavy atom. The Morgan fingerprint density at radius 1 is 1.25 bits per heavy atom. The summed E-state index contributed by atoms with van der Waals surface area (Å²) in [4.78, 5) is 13.6. The molecule has 0 saturated carbocycles. The highest BCUT2D eigenvalue weighted by atomic mass is 19.1. The fourth-order valence-electron chi connectivity index (χ4n) is 2.37. The van der Waals surface area contributed by atoms with E-state index in [9.17, 15) is 9.18 Å². The van der Waals surface area contributed by atoms with Crippen LogP contribution >= 0.6 is 0 Å². The number of unbranched alkanes of at least 4 members (excludes halogenated alkanes) is 1. The molecule has 1 saturated heterocycles. The molecule has 0 bridgehead atoms. The summed E-state index contributed by atoms with van der Waals surface area (Å²) in [6, 6.07) is -0.274. The van der Waals surface area contributed by atoms with Crippen molar-refractivity contribution in [3.05, 3.63) is 12.2 Å².